The molecule has 0 unspecified atom stereocenters. The molecular weight excluding hydrogens is 349 g/mol. The van der Waals surface area contributed by atoms with Crippen LogP contribution in [0.3, 0.4) is 0 Å². The van der Waals surface area contributed by atoms with E-state index >= 15 is 0 Å². The largest absolute Gasteiger partial charge is 0.457 e. The maximum absolute atomic E-state index is 13.2. The number of anilines is 1. The number of halogens is 1. The molecule has 3 aromatic carbocycles. The van der Waals surface area contributed by atoms with Gasteiger partial charge >= 0.3 is 11.6 Å². The lowest BCUT2D eigenvalue weighted by molar-refractivity contribution is 0.0475. The monoisotopic (exact) mass is 363 g/mol. The van der Waals surface area contributed by atoms with Gasteiger partial charge in [0.25, 0.3) is 0 Å². The van der Waals surface area contributed by atoms with Gasteiger partial charge in [0, 0.05) is 22.7 Å². The van der Waals surface area contributed by atoms with Crippen LogP contribution in [0.2, 0.25) is 0 Å². The quantitative estimate of drug-likeness (QED) is 0.257. The van der Waals surface area contributed by atoms with E-state index in [-0.39, 0.29) is 17.9 Å². The number of nitrogen functional groups attached to an aromatic ring is 1. The molecule has 1 aromatic heterocycles. The molecule has 0 aliphatic rings. The SMILES string of the molecule is Nc1cc(F)ccc1C(=O)OCc1cc(=O)oc2ccc3ccccc3c12. The van der Waals surface area contributed by atoms with Crippen molar-refractivity contribution in [1.29, 1.82) is 0 Å². The number of rotatable bonds is 3. The Labute approximate surface area is 152 Å². The highest BCUT2D eigenvalue weighted by Crippen LogP contribution is 2.28. The zero-order valence-corrected chi connectivity index (χ0v) is 14.1. The van der Waals surface area contributed by atoms with E-state index < -0.39 is 17.4 Å². The molecule has 0 radical (unpaired) electrons. The second-order valence-corrected chi connectivity index (χ2v) is 6.06. The van der Waals surface area contributed by atoms with E-state index in [0.29, 0.717) is 16.5 Å². The number of ether oxygens (including phenoxy) is 1. The van der Waals surface area contributed by atoms with Crippen LogP contribution in [0.4, 0.5) is 10.1 Å². The number of fused-ring (bicyclic) bond motifs is 3. The number of hydrogen-bond acceptors (Lipinski definition) is 5. The van der Waals surface area contributed by atoms with Crippen LogP contribution in [-0.4, -0.2) is 5.97 Å². The number of carbonyl (C=O) groups excluding carboxylic acids is 1. The van der Waals surface area contributed by atoms with E-state index in [1.54, 1.807) is 6.07 Å². The van der Waals surface area contributed by atoms with E-state index in [2.05, 4.69) is 0 Å². The maximum atomic E-state index is 13.2. The molecule has 4 aromatic rings. The van der Waals surface area contributed by atoms with E-state index in [1.807, 2.05) is 30.3 Å². The van der Waals surface area contributed by atoms with E-state index in [0.717, 1.165) is 22.9 Å². The van der Waals surface area contributed by atoms with Crippen LogP contribution in [0, 0.1) is 5.82 Å². The summed E-state index contributed by atoms with van der Waals surface area (Å²) in [6.07, 6.45) is 0. The first kappa shape index (κ1) is 16.8. The number of hydrogen-bond donors (Lipinski definition) is 1. The first-order valence-corrected chi connectivity index (χ1v) is 8.19. The van der Waals surface area contributed by atoms with Crippen LogP contribution in [-0.2, 0) is 11.3 Å². The lowest BCUT2D eigenvalue weighted by Gasteiger charge is -2.10. The van der Waals surface area contributed by atoms with Crippen molar-refractivity contribution >= 4 is 33.4 Å². The van der Waals surface area contributed by atoms with Crippen molar-refractivity contribution < 1.29 is 18.3 Å². The fourth-order valence-electron chi connectivity index (χ4n) is 3.07. The van der Waals surface area contributed by atoms with Gasteiger partial charge in [-0.2, -0.15) is 0 Å². The highest BCUT2D eigenvalue weighted by molar-refractivity contribution is 6.07. The van der Waals surface area contributed by atoms with Gasteiger partial charge < -0.3 is 14.9 Å². The number of benzene rings is 3. The molecule has 0 amide bonds. The maximum Gasteiger partial charge on any atom is 0.340 e. The molecule has 6 heteroatoms. The van der Waals surface area contributed by atoms with Crippen molar-refractivity contribution in [3.63, 3.8) is 0 Å². The van der Waals surface area contributed by atoms with Crippen LogP contribution >= 0.6 is 0 Å². The third kappa shape index (κ3) is 3.13. The Bertz CT molecular complexity index is 1250. The molecule has 0 fully saturated rings. The highest BCUT2D eigenvalue weighted by atomic mass is 19.1. The standard InChI is InChI=1S/C21H14FNO4/c22-14-6-7-16(17(23)10-14)21(25)26-11-13-9-19(24)27-18-8-5-12-3-1-2-4-15(12)20(13)18/h1-10H,11,23H2. The first-order chi connectivity index (χ1) is 13.0. The van der Waals surface area contributed by atoms with Gasteiger partial charge in [-0.05, 0) is 35.0 Å². The van der Waals surface area contributed by atoms with E-state index in [9.17, 15) is 14.0 Å². The molecule has 5 nitrogen and oxygen atoms in total. The topological polar surface area (TPSA) is 82.5 Å². The van der Waals surface area contributed by atoms with Gasteiger partial charge in [0.1, 0.15) is 18.0 Å². The summed E-state index contributed by atoms with van der Waals surface area (Å²) in [5, 5.41) is 2.55. The molecular formula is C21H14FNO4. The van der Waals surface area contributed by atoms with Gasteiger partial charge in [-0.15, -0.1) is 0 Å². The smallest absolute Gasteiger partial charge is 0.340 e. The Balaban J connectivity index is 1.74. The lowest BCUT2D eigenvalue weighted by Crippen LogP contribution is -2.10. The van der Waals surface area contributed by atoms with Crippen molar-refractivity contribution in [2.24, 2.45) is 0 Å². The highest BCUT2D eigenvalue weighted by Gasteiger charge is 2.15. The summed E-state index contributed by atoms with van der Waals surface area (Å²) in [7, 11) is 0. The Hall–Kier alpha value is -3.67. The number of carbonyl (C=O) groups is 1. The summed E-state index contributed by atoms with van der Waals surface area (Å²) in [6.45, 7) is -0.147. The van der Waals surface area contributed by atoms with Gasteiger partial charge in [0.15, 0.2) is 0 Å². The molecule has 27 heavy (non-hydrogen) atoms. The fourth-order valence-corrected chi connectivity index (χ4v) is 3.07. The minimum Gasteiger partial charge on any atom is -0.457 e. The summed E-state index contributed by atoms with van der Waals surface area (Å²) in [5.74, 6) is -1.24. The molecule has 134 valence electrons. The number of nitrogens with two attached hydrogens (primary N) is 1. The second-order valence-electron chi connectivity index (χ2n) is 6.06. The molecule has 0 aliphatic carbocycles. The Kier molecular flexibility index (Phi) is 4.08. The molecule has 0 aliphatic heterocycles. The molecule has 2 N–H and O–H groups in total. The van der Waals surface area contributed by atoms with Crippen LogP contribution in [0.25, 0.3) is 21.7 Å². The average Bonchev–Trinajstić information content (AvgIpc) is 2.65. The zero-order valence-electron chi connectivity index (χ0n) is 14.1. The van der Waals surface area contributed by atoms with Crippen LogP contribution < -0.4 is 11.4 Å². The van der Waals surface area contributed by atoms with Crippen molar-refractivity contribution in [3.05, 3.63) is 88.0 Å². The van der Waals surface area contributed by atoms with Gasteiger partial charge in [-0.25, -0.2) is 14.0 Å². The molecule has 1 heterocycles. The minimum absolute atomic E-state index is 0.0112. The Morgan fingerprint density at radius 1 is 1.07 bits per heavy atom. The normalized spacial score (nSPS) is 11.0. The number of esters is 1. The summed E-state index contributed by atoms with van der Waals surface area (Å²) >= 11 is 0. The Morgan fingerprint density at radius 3 is 2.70 bits per heavy atom. The Morgan fingerprint density at radius 2 is 1.89 bits per heavy atom. The third-order valence-electron chi connectivity index (χ3n) is 4.31. The third-order valence-corrected chi connectivity index (χ3v) is 4.31. The van der Waals surface area contributed by atoms with Gasteiger partial charge in [0.05, 0.1) is 5.56 Å². The van der Waals surface area contributed by atoms with Crippen LogP contribution in [0.15, 0.2) is 69.9 Å². The summed E-state index contributed by atoms with van der Waals surface area (Å²) in [5.41, 5.74) is 6.12. The molecule has 0 spiro atoms. The van der Waals surface area contributed by atoms with Gasteiger partial charge in [-0.1, -0.05) is 30.3 Å². The predicted molar refractivity (Wildman–Crippen MR) is 99.9 cm³/mol. The second kappa shape index (κ2) is 6.57. The van der Waals surface area contributed by atoms with Gasteiger partial charge in [0.2, 0.25) is 0 Å². The molecule has 0 atom stereocenters. The molecule has 0 saturated heterocycles. The van der Waals surface area contributed by atoms with E-state index in [1.165, 1.54) is 12.1 Å². The zero-order chi connectivity index (χ0) is 19.0. The first-order valence-electron chi connectivity index (χ1n) is 8.19. The molecule has 0 saturated carbocycles. The summed E-state index contributed by atoms with van der Waals surface area (Å²) < 4.78 is 23.8. The van der Waals surface area contributed by atoms with Crippen molar-refractivity contribution in [3.8, 4) is 0 Å². The van der Waals surface area contributed by atoms with Crippen LogP contribution in [0.1, 0.15) is 15.9 Å². The van der Waals surface area contributed by atoms with E-state index in [4.69, 9.17) is 14.9 Å². The van der Waals surface area contributed by atoms with Crippen LogP contribution in [0.5, 0.6) is 0 Å². The van der Waals surface area contributed by atoms with Crippen molar-refractivity contribution in [2.75, 3.05) is 5.73 Å². The lowest BCUT2D eigenvalue weighted by atomic mass is 10.0. The minimum atomic E-state index is -0.700. The van der Waals surface area contributed by atoms with Crippen molar-refractivity contribution in [1.82, 2.24) is 0 Å². The van der Waals surface area contributed by atoms with Crippen molar-refractivity contribution in [2.45, 2.75) is 6.61 Å². The summed E-state index contributed by atoms with van der Waals surface area (Å²) in [4.78, 5) is 24.2. The molecule has 0 bridgehead atoms. The van der Waals surface area contributed by atoms with Gasteiger partial charge in [-0.3, -0.25) is 0 Å². The predicted octanol–water partition coefficient (Wildman–Crippen LogP) is 4.02. The molecule has 4 rings (SSSR count). The summed E-state index contributed by atoms with van der Waals surface area (Å²) in [6, 6.07) is 15.9. The average molecular weight is 363 g/mol. The fraction of sp³-hybridized carbons (Fsp3) is 0.0476.